The van der Waals surface area contributed by atoms with Crippen LogP contribution in [0.25, 0.3) is 0 Å². The van der Waals surface area contributed by atoms with Crippen molar-refractivity contribution in [3.63, 3.8) is 0 Å². The van der Waals surface area contributed by atoms with Crippen LogP contribution in [0, 0.1) is 6.92 Å². The summed E-state index contributed by atoms with van der Waals surface area (Å²) >= 11 is 0. The number of aromatic nitrogens is 2. The molecule has 1 saturated heterocycles. The van der Waals surface area contributed by atoms with Crippen molar-refractivity contribution in [2.45, 2.75) is 39.4 Å². The van der Waals surface area contributed by atoms with Gasteiger partial charge in [0.15, 0.2) is 0 Å². The fourth-order valence-electron chi connectivity index (χ4n) is 2.25. The van der Waals surface area contributed by atoms with Gasteiger partial charge in [-0.1, -0.05) is 0 Å². The smallest absolute Gasteiger partial charge is 0.239 e. The summed E-state index contributed by atoms with van der Waals surface area (Å²) in [5.41, 5.74) is 2.17. The third kappa shape index (κ3) is 2.49. The number of likely N-dealkylation sites (tertiary alicyclic amines) is 1. The van der Waals surface area contributed by atoms with Gasteiger partial charge in [0.05, 0.1) is 17.4 Å². The van der Waals surface area contributed by atoms with E-state index >= 15 is 0 Å². The molecule has 5 nitrogen and oxygen atoms in total. The van der Waals surface area contributed by atoms with Gasteiger partial charge in [-0.25, -0.2) is 0 Å². The number of amides is 1. The molecular weight excluding hydrogens is 216 g/mol. The summed E-state index contributed by atoms with van der Waals surface area (Å²) in [4.78, 5) is 13.5. The molecule has 1 aliphatic heterocycles. The molecule has 1 aromatic rings. The first-order valence-corrected chi connectivity index (χ1v) is 6.13. The average molecular weight is 236 g/mol. The molecule has 17 heavy (non-hydrogen) atoms. The average Bonchev–Trinajstić information content (AvgIpc) is 2.82. The lowest BCUT2D eigenvalue weighted by Gasteiger charge is -2.12. The molecule has 0 spiro atoms. The number of carbonyl (C=O) groups excluding carboxylic acids is 1. The first-order chi connectivity index (χ1) is 8.11. The number of nitrogens with one attached hydrogen (secondary N) is 1. The maximum absolute atomic E-state index is 11.7. The van der Waals surface area contributed by atoms with Gasteiger partial charge in [-0.2, -0.15) is 5.10 Å². The van der Waals surface area contributed by atoms with Crippen LogP contribution in [0.4, 0.5) is 0 Å². The molecule has 0 bridgehead atoms. The minimum Gasteiger partial charge on any atom is -0.344 e. The van der Waals surface area contributed by atoms with Gasteiger partial charge in [0.25, 0.3) is 0 Å². The summed E-state index contributed by atoms with van der Waals surface area (Å²) in [5.74, 6) is 0.198. The van der Waals surface area contributed by atoms with Crippen molar-refractivity contribution < 1.29 is 4.79 Å². The number of carbonyl (C=O) groups is 1. The fourth-order valence-corrected chi connectivity index (χ4v) is 2.25. The minimum atomic E-state index is -0.0273. The Bertz CT molecular complexity index is 413. The lowest BCUT2D eigenvalue weighted by atomic mass is 10.2. The molecule has 1 fully saturated rings. The van der Waals surface area contributed by atoms with Crippen molar-refractivity contribution in [3.8, 4) is 0 Å². The number of aryl methyl sites for hydroxylation is 2. The Morgan fingerprint density at radius 3 is 2.94 bits per heavy atom. The highest BCUT2D eigenvalue weighted by molar-refractivity contribution is 5.83. The van der Waals surface area contributed by atoms with Gasteiger partial charge in [0.1, 0.15) is 0 Å². The molecule has 1 aromatic heterocycles. The highest BCUT2D eigenvalue weighted by Crippen LogP contribution is 2.10. The predicted octanol–water partition coefficient (Wildman–Crippen LogP) is 0.532. The van der Waals surface area contributed by atoms with E-state index in [1.54, 1.807) is 4.90 Å². The molecule has 2 heterocycles. The van der Waals surface area contributed by atoms with E-state index in [9.17, 15) is 4.79 Å². The lowest BCUT2D eigenvalue weighted by molar-refractivity contribution is -0.128. The first kappa shape index (κ1) is 12.1. The van der Waals surface area contributed by atoms with Crippen molar-refractivity contribution in [2.24, 2.45) is 0 Å². The van der Waals surface area contributed by atoms with E-state index in [1.165, 1.54) is 0 Å². The topological polar surface area (TPSA) is 50.2 Å². The van der Waals surface area contributed by atoms with E-state index in [4.69, 9.17) is 0 Å². The molecule has 0 aromatic carbocycles. The van der Waals surface area contributed by atoms with E-state index in [0.29, 0.717) is 6.54 Å². The van der Waals surface area contributed by atoms with Crippen molar-refractivity contribution in [1.29, 1.82) is 0 Å². The van der Waals surface area contributed by atoms with Gasteiger partial charge < -0.3 is 10.2 Å². The Hall–Kier alpha value is -1.36. The van der Waals surface area contributed by atoms with Crippen molar-refractivity contribution in [3.05, 3.63) is 17.5 Å². The highest BCUT2D eigenvalue weighted by Gasteiger charge is 2.28. The molecule has 1 atom stereocenters. The van der Waals surface area contributed by atoms with Crippen molar-refractivity contribution >= 4 is 5.91 Å². The standard InChI is InChI=1S/C12H20N4O/c1-4-16-10(7-9(2)14-16)8-13-11-5-6-15(3)12(11)17/h7,11,13H,4-6,8H2,1-3H3. The van der Waals surface area contributed by atoms with Crippen molar-refractivity contribution in [1.82, 2.24) is 20.0 Å². The van der Waals surface area contributed by atoms with Crippen LogP contribution in [-0.4, -0.2) is 40.2 Å². The second-order valence-corrected chi connectivity index (χ2v) is 4.57. The quantitative estimate of drug-likeness (QED) is 0.829. The van der Waals surface area contributed by atoms with E-state index in [-0.39, 0.29) is 11.9 Å². The van der Waals surface area contributed by atoms with Gasteiger partial charge in [-0.3, -0.25) is 9.48 Å². The summed E-state index contributed by atoms with van der Waals surface area (Å²) in [7, 11) is 1.85. The number of nitrogens with zero attached hydrogens (tertiary/aromatic N) is 3. The van der Waals surface area contributed by atoms with E-state index in [0.717, 1.165) is 30.9 Å². The summed E-state index contributed by atoms with van der Waals surface area (Å²) in [6, 6.07) is 2.04. The van der Waals surface area contributed by atoms with Gasteiger partial charge in [-0.05, 0) is 26.3 Å². The van der Waals surface area contributed by atoms with Crippen LogP contribution in [0.2, 0.25) is 0 Å². The molecule has 1 N–H and O–H groups in total. The third-order valence-electron chi connectivity index (χ3n) is 3.24. The Labute approximate surface area is 102 Å². The van der Waals surface area contributed by atoms with Crippen LogP contribution in [0.15, 0.2) is 6.07 Å². The molecule has 2 rings (SSSR count). The second kappa shape index (κ2) is 4.87. The number of rotatable bonds is 4. The number of likely N-dealkylation sites (N-methyl/N-ethyl adjacent to an activating group) is 1. The maximum Gasteiger partial charge on any atom is 0.239 e. The van der Waals surface area contributed by atoms with Crippen molar-refractivity contribution in [2.75, 3.05) is 13.6 Å². The second-order valence-electron chi connectivity index (χ2n) is 4.57. The summed E-state index contributed by atoms with van der Waals surface area (Å²) in [6.07, 6.45) is 0.897. The molecular formula is C12H20N4O. The van der Waals surface area contributed by atoms with Crippen LogP contribution in [0.1, 0.15) is 24.7 Å². The monoisotopic (exact) mass is 236 g/mol. The van der Waals surface area contributed by atoms with Gasteiger partial charge in [0.2, 0.25) is 5.91 Å². The maximum atomic E-state index is 11.7. The molecule has 0 aliphatic carbocycles. The first-order valence-electron chi connectivity index (χ1n) is 6.13. The van der Waals surface area contributed by atoms with Crippen LogP contribution < -0.4 is 5.32 Å². The van der Waals surface area contributed by atoms with Gasteiger partial charge >= 0.3 is 0 Å². The van der Waals surface area contributed by atoms with Gasteiger partial charge in [0, 0.05) is 26.7 Å². The number of hydrogen-bond acceptors (Lipinski definition) is 3. The fraction of sp³-hybridized carbons (Fsp3) is 0.667. The third-order valence-corrected chi connectivity index (χ3v) is 3.24. The Kier molecular flexibility index (Phi) is 3.47. The van der Waals surface area contributed by atoms with Crippen LogP contribution in [0.5, 0.6) is 0 Å². The molecule has 1 aliphatic rings. The highest BCUT2D eigenvalue weighted by atomic mass is 16.2. The van der Waals surface area contributed by atoms with Gasteiger partial charge in [-0.15, -0.1) is 0 Å². The van der Waals surface area contributed by atoms with Crippen LogP contribution in [0.3, 0.4) is 0 Å². The number of hydrogen-bond donors (Lipinski definition) is 1. The van der Waals surface area contributed by atoms with E-state index < -0.39 is 0 Å². The Morgan fingerprint density at radius 2 is 2.35 bits per heavy atom. The summed E-state index contributed by atoms with van der Waals surface area (Å²) in [5, 5.41) is 7.70. The predicted molar refractivity (Wildman–Crippen MR) is 65.5 cm³/mol. The molecule has 1 unspecified atom stereocenters. The SMILES string of the molecule is CCn1nc(C)cc1CNC1CCN(C)C1=O. The zero-order valence-electron chi connectivity index (χ0n) is 10.7. The summed E-state index contributed by atoms with van der Waals surface area (Å²) in [6.45, 7) is 6.49. The Morgan fingerprint density at radius 1 is 1.59 bits per heavy atom. The summed E-state index contributed by atoms with van der Waals surface area (Å²) < 4.78 is 1.98. The van der Waals surface area contributed by atoms with E-state index in [2.05, 4.69) is 23.4 Å². The molecule has 0 saturated carbocycles. The van der Waals surface area contributed by atoms with Crippen LogP contribution >= 0.6 is 0 Å². The largest absolute Gasteiger partial charge is 0.344 e. The molecule has 1 amide bonds. The van der Waals surface area contributed by atoms with E-state index in [1.807, 2.05) is 18.7 Å². The normalized spacial score (nSPS) is 20.3. The lowest BCUT2D eigenvalue weighted by Crippen LogP contribution is -2.36. The zero-order valence-corrected chi connectivity index (χ0v) is 10.7. The van der Waals surface area contributed by atoms with Crippen LogP contribution in [-0.2, 0) is 17.9 Å². The molecule has 94 valence electrons. The minimum absolute atomic E-state index is 0.0273. The Balaban J connectivity index is 1.96. The zero-order chi connectivity index (χ0) is 12.4. The molecule has 0 radical (unpaired) electrons. The molecule has 5 heteroatoms.